The Morgan fingerprint density at radius 1 is 0.809 bits per heavy atom. The predicted octanol–water partition coefficient (Wildman–Crippen LogP) is 9.90. The molecule has 0 radical (unpaired) electrons. The first-order chi connectivity index (χ1) is 22.4. The minimum absolute atomic E-state index is 0. The maximum absolute atomic E-state index is 12.8. The Morgan fingerprint density at radius 2 is 1.32 bits per heavy atom. The van der Waals surface area contributed by atoms with Crippen LogP contribution in [0.15, 0.2) is 84.6 Å². The van der Waals surface area contributed by atoms with Gasteiger partial charge in [-0.25, -0.2) is 4.79 Å². The van der Waals surface area contributed by atoms with Crippen molar-refractivity contribution in [3.63, 3.8) is 0 Å². The van der Waals surface area contributed by atoms with E-state index in [0.717, 1.165) is 51.4 Å². The molecule has 6 nitrogen and oxygen atoms in total. The van der Waals surface area contributed by atoms with E-state index in [4.69, 9.17) is 9.47 Å². The van der Waals surface area contributed by atoms with Crippen LogP contribution in [0, 0.1) is 11.8 Å². The average molecular weight is 652 g/mol. The fourth-order valence-corrected chi connectivity index (χ4v) is 5.16. The van der Waals surface area contributed by atoms with E-state index in [0.29, 0.717) is 31.4 Å². The number of esters is 1. The van der Waals surface area contributed by atoms with E-state index < -0.39 is 0 Å². The molecule has 0 aromatic carbocycles. The highest BCUT2D eigenvalue weighted by Gasteiger charge is 2.35. The third kappa shape index (κ3) is 21.3. The van der Waals surface area contributed by atoms with Gasteiger partial charge in [0.15, 0.2) is 5.78 Å². The van der Waals surface area contributed by atoms with E-state index in [2.05, 4.69) is 99.8 Å². The number of Topliss-reactive ketones (excluding diaryl/α,β-unsaturated/α-hetero) is 1. The second-order valence-electron chi connectivity index (χ2n) is 11.7. The number of nitrogens with one attached hydrogen (secondary N) is 1. The summed E-state index contributed by atoms with van der Waals surface area (Å²) in [6.45, 7) is 10.5. The van der Waals surface area contributed by atoms with Gasteiger partial charge in [0, 0.05) is 18.4 Å². The molecule has 6 heteroatoms. The van der Waals surface area contributed by atoms with Crippen LogP contribution in [0.3, 0.4) is 0 Å². The van der Waals surface area contributed by atoms with Crippen molar-refractivity contribution in [1.29, 1.82) is 0 Å². The summed E-state index contributed by atoms with van der Waals surface area (Å²) in [5.74, 6) is -0.483. The molecule has 0 heterocycles. The maximum atomic E-state index is 12.8. The molecule has 0 unspecified atom stereocenters. The molecule has 1 amide bonds. The van der Waals surface area contributed by atoms with E-state index in [1.54, 1.807) is 6.92 Å². The molecular formula is C41H65NO5. The zero-order valence-electron chi connectivity index (χ0n) is 29.3. The molecule has 0 saturated heterocycles. The number of ether oxygens (including phenoxy) is 2. The van der Waals surface area contributed by atoms with E-state index >= 15 is 0 Å². The lowest BCUT2D eigenvalue weighted by Crippen LogP contribution is -2.38. The number of rotatable bonds is 24. The summed E-state index contributed by atoms with van der Waals surface area (Å²) in [4.78, 5) is 37.7. The van der Waals surface area contributed by atoms with E-state index in [-0.39, 0.29) is 62.1 Å². The van der Waals surface area contributed by atoms with E-state index in [1.807, 2.05) is 12.2 Å². The number of hydrogen-bond donors (Lipinski definition) is 1. The Kier molecular flexibility index (Phi) is 26.9. The predicted molar refractivity (Wildman–Crippen MR) is 198 cm³/mol. The molecule has 0 aromatic heterocycles. The third-order valence-corrected chi connectivity index (χ3v) is 8.01. The van der Waals surface area contributed by atoms with Crippen molar-refractivity contribution in [3.8, 4) is 0 Å². The van der Waals surface area contributed by atoms with Gasteiger partial charge in [0.1, 0.15) is 0 Å². The third-order valence-electron chi connectivity index (χ3n) is 8.01. The Balaban J connectivity index is 0.0000212. The van der Waals surface area contributed by atoms with Gasteiger partial charge in [0.25, 0.3) is 0 Å². The minimum atomic E-state index is -0.340. The molecule has 264 valence electrons. The normalized spacial score (nSPS) is 18.7. The summed E-state index contributed by atoms with van der Waals surface area (Å²) in [5, 5.41) is 2.77. The van der Waals surface area contributed by atoms with Crippen LogP contribution in [0.1, 0.15) is 119 Å². The second kappa shape index (κ2) is 28.9. The lowest BCUT2D eigenvalue weighted by atomic mass is 9.76. The van der Waals surface area contributed by atoms with Crippen LogP contribution in [-0.2, 0) is 23.9 Å². The first-order valence-electron chi connectivity index (χ1n) is 17.6. The Bertz CT molecular complexity index is 1070. The molecule has 1 aliphatic carbocycles. The van der Waals surface area contributed by atoms with Gasteiger partial charge < -0.3 is 14.8 Å². The fourth-order valence-electron chi connectivity index (χ4n) is 5.16. The van der Waals surface area contributed by atoms with Crippen LogP contribution >= 0.6 is 0 Å². The highest BCUT2D eigenvalue weighted by Crippen LogP contribution is 2.35. The smallest absolute Gasteiger partial charge is 0.333 e. The van der Waals surface area contributed by atoms with Crippen LogP contribution in [0.25, 0.3) is 0 Å². The van der Waals surface area contributed by atoms with Crippen molar-refractivity contribution in [1.82, 2.24) is 5.32 Å². The van der Waals surface area contributed by atoms with Crippen molar-refractivity contribution in [2.45, 2.75) is 131 Å². The zero-order chi connectivity index (χ0) is 33.8. The Morgan fingerprint density at radius 3 is 1.81 bits per heavy atom. The number of carbonyl (C=O) groups excluding carboxylic acids is 3. The van der Waals surface area contributed by atoms with Gasteiger partial charge in [-0.15, -0.1) is 0 Å². The fraction of sp³-hybridized carbons (Fsp3) is 0.585. The maximum Gasteiger partial charge on any atom is 0.333 e. The molecule has 1 aliphatic rings. The topological polar surface area (TPSA) is 81.7 Å². The molecule has 0 aliphatic heterocycles. The first-order valence-corrected chi connectivity index (χ1v) is 17.6. The lowest BCUT2D eigenvalue weighted by Gasteiger charge is -2.36. The largest absolute Gasteiger partial charge is 0.463 e. The number of amides is 1. The van der Waals surface area contributed by atoms with Crippen molar-refractivity contribution in [2.24, 2.45) is 11.8 Å². The van der Waals surface area contributed by atoms with Crippen molar-refractivity contribution < 1.29 is 23.9 Å². The molecule has 3 atom stereocenters. The van der Waals surface area contributed by atoms with Crippen LogP contribution in [-0.4, -0.2) is 43.0 Å². The molecule has 1 rings (SSSR count). The Labute approximate surface area is 287 Å². The van der Waals surface area contributed by atoms with Crippen molar-refractivity contribution in [3.05, 3.63) is 84.6 Å². The molecule has 0 spiro atoms. The second-order valence-corrected chi connectivity index (χ2v) is 11.7. The van der Waals surface area contributed by atoms with E-state index in [9.17, 15) is 14.4 Å². The van der Waals surface area contributed by atoms with Gasteiger partial charge in [-0.1, -0.05) is 108 Å². The first kappa shape index (κ1) is 43.8. The SMILES string of the molecule is C.CC/C=C\C/C=C\C/C=C\C/C=C\C/C=C\C/C=C\CCC(=O)NCC(=O)C[C@H]1CC(C(=O)OCC)=C[C@@H](OC(CC)CC)[C@@H]1C. The minimum Gasteiger partial charge on any atom is -0.463 e. The molecule has 47 heavy (non-hydrogen) atoms. The van der Waals surface area contributed by atoms with Gasteiger partial charge in [-0.05, 0) is 89.0 Å². The molecule has 1 N–H and O–H groups in total. The summed E-state index contributed by atoms with van der Waals surface area (Å²) in [7, 11) is 0. The highest BCUT2D eigenvalue weighted by molar-refractivity contribution is 5.89. The number of ketones is 1. The van der Waals surface area contributed by atoms with Gasteiger partial charge >= 0.3 is 5.97 Å². The summed E-state index contributed by atoms with van der Waals surface area (Å²) >= 11 is 0. The van der Waals surface area contributed by atoms with E-state index in [1.165, 1.54) is 0 Å². The van der Waals surface area contributed by atoms with Gasteiger partial charge in [-0.3, -0.25) is 9.59 Å². The van der Waals surface area contributed by atoms with Crippen molar-refractivity contribution >= 4 is 17.7 Å². The molecule has 0 aromatic rings. The molecule has 0 bridgehead atoms. The molecule has 0 saturated carbocycles. The Hall–Kier alpha value is -3.25. The van der Waals surface area contributed by atoms with Crippen molar-refractivity contribution in [2.75, 3.05) is 13.2 Å². The number of hydrogen-bond acceptors (Lipinski definition) is 5. The van der Waals surface area contributed by atoms with Crippen LogP contribution in [0.2, 0.25) is 0 Å². The summed E-state index contributed by atoms with van der Waals surface area (Å²) < 4.78 is 11.6. The van der Waals surface area contributed by atoms with Crippen LogP contribution < -0.4 is 5.32 Å². The number of allylic oxidation sites excluding steroid dienone is 12. The van der Waals surface area contributed by atoms with Crippen LogP contribution in [0.4, 0.5) is 0 Å². The molecule has 0 fully saturated rings. The number of carbonyl (C=O) groups is 3. The molecular weight excluding hydrogens is 586 g/mol. The summed E-state index contributed by atoms with van der Waals surface area (Å²) in [5.41, 5.74) is 0.578. The van der Waals surface area contributed by atoms with Gasteiger partial charge in [-0.2, -0.15) is 0 Å². The average Bonchev–Trinajstić information content (AvgIpc) is 3.05. The quantitative estimate of drug-likeness (QED) is 0.0830. The summed E-state index contributed by atoms with van der Waals surface area (Å²) in [6.07, 6.45) is 36.9. The lowest BCUT2D eigenvalue weighted by molar-refractivity contribution is -0.139. The monoisotopic (exact) mass is 651 g/mol. The summed E-state index contributed by atoms with van der Waals surface area (Å²) in [6, 6.07) is 0. The standard InChI is InChI=1S/C40H61NO5.CH4/c1-6-10-11-12-13-14-15-16-17-18-19-20-21-22-23-24-25-26-27-28-39(43)41-32-36(42)30-34-29-35(40(44)45-9-4)31-38(33(34)5)46-37(7-2)8-3;/h10-11,13-14,16-17,19-20,22-23,25-26,31,33-34,37-38H,6-9,12,15,18,21,24,27-30,32H2,1-5H3,(H,41,43);1H4/b11-10-,14-13-,17-16-,20-19-,23-22-,26-25-;/t33-,34-,38-;/m1./s1. The highest BCUT2D eigenvalue weighted by atomic mass is 16.5. The van der Waals surface area contributed by atoms with Gasteiger partial charge in [0.2, 0.25) is 5.91 Å². The van der Waals surface area contributed by atoms with Gasteiger partial charge in [0.05, 0.1) is 25.4 Å². The van der Waals surface area contributed by atoms with Crippen LogP contribution in [0.5, 0.6) is 0 Å². The zero-order valence-corrected chi connectivity index (χ0v) is 29.3.